The third-order valence-corrected chi connectivity index (χ3v) is 3.97. The summed E-state index contributed by atoms with van der Waals surface area (Å²) < 4.78 is 12.3. The van der Waals surface area contributed by atoms with Crippen molar-refractivity contribution >= 4 is 17.2 Å². The van der Waals surface area contributed by atoms with Crippen molar-refractivity contribution in [1.82, 2.24) is 14.6 Å². The Morgan fingerprint density at radius 2 is 2.04 bits per heavy atom. The van der Waals surface area contributed by atoms with Crippen molar-refractivity contribution in [2.24, 2.45) is 0 Å². The number of fused-ring (bicyclic) bond motifs is 1. The van der Waals surface area contributed by atoms with Crippen LogP contribution in [0.3, 0.4) is 0 Å². The average Bonchev–Trinajstić information content (AvgIpc) is 2.83. The Kier molecular flexibility index (Phi) is 4.00. The number of benzene rings is 1. The molecule has 2 heterocycles. The highest BCUT2D eigenvalue weighted by molar-refractivity contribution is 6.34. The lowest BCUT2D eigenvalue weighted by molar-refractivity contribution is 0.221. The van der Waals surface area contributed by atoms with Crippen molar-refractivity contribution in [2.45, 2.75) is 20.0 Å². The minimum absolute atomic E-state index is 0.235. The first kappa shape index (κ1) is 15.4. The number of aromatic amines is 1. The van der Waals surface area contributed by atoms with Gasteiger partial charge in [0.25, 0.3) is 5.56 Å². The molecule has 6 nitrogen and oxygen atoms in total. The van der Waals surface area contributed by atoms with Gasteiger partial charge in [-0.15, -0.1) is 0 Å². The molecule has 0 aliphatic rings. The SMILES string of the molecule is COc1cccc(OC(C)c2cc(=O)n3[nH]c(C)c(Cl)c3n2)c1. The molecular weight excluding hydrogens is 318 g/mol. The number of nitrogens with one attached hydrogen (secondary N) is 1. The Hall–Kier alpha value is -2.47. The quantitative estimate of drug-likeness (QED) is 0.796. The molecule has 0 spiro atoms. The summed E-state index contributed by atoms with van der Waals surface area (Å²) in [7, 11) is 1.59. The van der Waals surface area contributed by atoms with Crippen LogP contribution in [-0.2, 0) is 0 Å². The second-order valence-electron chi connectivity index (χ2n) is 5.17. The van der Waals surface area contributed by atoms with E-state index >= 15 is 0 Å². The highest BCUT2D eigenvalue weighted by Crippen LogP contribution is 2.25. The zero-order valence-electron chi connectivity index (χ0n) is 13.0. The highest BCUT2D eigenvalue weighted by Gasteiger charge is 2.16. The van der Waals surface area contributed by atoms with Gasteiger partial charge in [0.2, 0.25) is 0 Å². The van der Waals surface area contributed by atoms with Gasteiger partial charge in [-0.2, -0.15) is 4.52 Å². The maximum absolute atomic E-state index is 12.2. The lowest BCUT2D eigenvalue weighted by Gasteiger charge is -2.14. The van der Waals surface area contributed by atoms with Gasteiger partial charge < -0.3 is 9.47 Å². The van der Waals surface area contributed by atoms with E-state index in [1.807, 2.05) is 25.1 Å². The Morgan fingerprint density at radius 1 is 1.30 bits per heavy atom. The fourth-order valence-electron chi connectivity index (χ4n) is 2.29. The molecule has 3 rings (SSSR count). The van der Waals surface area contributed by atoms with Crippen LogP contribution in [0.2, 0.25) is 5.02 Å². The van der Waals surface area contributed by atoms with Gasteiger partial charge in [-0.1, -0.05) is 17.7 Å². The van der Waals surface area contributed by atoms with E-state index in [9.17, 15) is 4.79 Å². The number of nitrogens with zero attached hydrogens (tertiary/aromatic N) is 2. The molecule has 2 aromatic heterocycles. The van der Waals surface area contributed by atoms with Crippen LogP contribution >= 0.6 is 11.6 Å². The van der Waals surface area contributed by atoms with Crippen molar-refractivity contribution < 1.29 is 9.47 Å². The molecule has 0 bridgehead atoms. The third-order valence-electron chi connectivity index (χ3n) is 3.51. The maximum Gasteiger partial charge on any atom is 0.273 e. The number of hydrogen-bond acceptors (Lipinski definition) is 4. The monoisotopic (exact) mass is 333 g/mol. The largest absolute Gasteiger partial charge is 0.497 e. The predicted octanol–water partition coefficient (Wildman–Crippen LogP) is 3.13. The minimum Gasteiger partial charge on any atom is -0.497 e. The molecule has 1 unspecified atom stereocenters. The summed E-state index contributed by atoms with van der Waals surface area (Å²) in [6.07, 6.45) is -0.411. The summed E-state index contributed by atoms with van der Waals surface area (Å²) in [5.41, 5.74) is 1.36. The molecule has 0 aliphatic heterocycles. The van der Waals surface area contributed by atoms with E-state index in [-0.39, 0.29) is 5.56 Å². The molecule has 0 saturated carbocycles. The van der Waals surface area contributed by atoms with Gasteiger partial charge in [0, 0.05) is 12.1 Å². The molecule has 0 fully saturated rings. The van der Waals surface area contributed by atoms with Crippen LogP contribution in [0, 0.1) is 6.92 Å². The summed E-state index contributed by atoms with van der Waals surface area (Å²) >= 11 is 6.18. The molecule has 23 heavy (non-hydrogen) atoms. The number of ether oxygens (including phenoxy) is 2. The molecular formula is C16H16ClN3O3. The molecule has 1 N–H and O–H groups in total. The number of halogens is 1. The molecule has 3 aromatic rings. The number of H-pyrrole nitrogens is 1. The van der Waals surface area contributed by atoms with Gasteiger partial charge in [0.1, 0.15) is 22.6 Å². The lowest BCUT2D eigenvalue weighted by atomic mass is 10.2. The highest BCUT2D eigenvalue weighted by atomic mass is 35.5. The first-order chi connectivity index (χ1) is 11.0. The van der Waals surface area contributed by atoms with Crippen LogP contribution in [0.5, 0.6) is 11.5 Å². The molecule has 1 aromatic carbocycles. The predicted molar refractivity (Wildman–Crippen MR) is 87.6 cm³/mol. The van der Waals surface area contributed by atoms with Crippen molar-refractivity contribution in [3.63, 3.8) is 0 Å². The van der Waals surface area contributed by atoms with Crippen molar-refractivity contribution in [2.75, 3.05) is 7.11 Å². The molecule has 0 radical (unpaired) electrons. The van der Waals surface area contributed by atoms with E-state index in [0.717, 1.165) is 0 Å². The van der Waals surface area contributed by atoms with Gasteiger partial charge in [-0.3, -0.25) is 9.89 Å². The van der Waals surface area contributed by atoms with Gasteiger partial charge >= 0.3 is 0 Å². The number of rotatable bonds is 4. The lowest BCUT2D eigenvalue weighted by Crippen LogP contribution is -2.18. The van der Waals surface area contributed by atoms with Crippen LogP contribution in [0.1, 0.15) is 24.4 Å². The Labute approximate surface area is 137 Å². The number of aromatic nitrogens is 3. The number of aryl methyl sites for hydroxylation is 1. The van der Waals surface area contributed by atoms with Gasteiger partial charge in [-0.25, -0.2) is 4.98 Å². The summed E-state index contributed by atoms with van der Waals surface area (Å²) in [6, 6.07) is 8.69. The van der Waals surface area contributed by atoms with Gasteiger partial charge in [0.05, 0.1) is 18.5 Å². The second-order valence-corrected chi connectivity index (χ2v) is 5.55. The standard InChI is InChI=1S/C16H16ClN3O3/c1-9-15(17)16-18-13(8-14(21)20(16)19-9)10(2)23-12-6-4-5-11(7-12)22-3/h4-8,10,19H,1-3H3. The van der Waals surface area contributed by atoms with E-state index in [2.05, 4.69) is 10.1 Å². The molecule has 0 aliphatic carbocycles. The molecule has 0 saturated heterocycles. The molecule has 120 valence electrons. The first-order valence-corrected chi connectivity index (χ1v) is 7.46. The smallest absolute Gasteiger partial charge is 0.273 e. The van der Waals surface area contributed by atoms with E-state index in [1.165, 1.54) is 10.6 Å². The summed E-state index contributed by atoms with van der Waals surface area (Å²) in [5, 5.41) is 3.31. The van der Waals surface area contributed by atoms with Crippen LogP contribution in [0.25, 0.3) is 5.65 Å². The molecule has 0 amide bonds. The van der Waals surface area contributed by atoms with E-state index in [0.29, 0.717) is 33.6 Å². The van der Waals surface area contributed by atoms with Crippen molar-refractivity contribution in [3.05, 3.63) is 57.1 Å². The van der Waals surface area contributed by atoms with E-state index in [1.54, 1.807) is 20.1 Å². The number of hydrogen-bond donors (Lipinski definition) is 1. The summed E-state index contributed by atoms with van der Waals surface area (Å²) in [4.78, 5) is 16.6. The zero-order chi connectivity index (χ0) is 16.6. The average molecular weight is 334 g/mol. The Balaban J connectivity index is 1.95. The fourth-order valence-corrected chi connectivity index (χ4v) is 2.46. The minimum atomic E-state index is -0.411. The van der Waals surface area contributed by atoms with Gasteiger partial charge in [-0.05, 0) is 26.0 Å². The maximum atomic E-state index is 12.2. The van der Waals surface area contributed by atoms with Crippen LogP contribution in [0.15, 0.2) is 35.1 Å². The van der Waals surface area contributed by atoms with Crippen molar-refractivity contribution in [3.8, 4) is 11.5 Å². The second kappa shape index (κ2) is 5.96. The molecule has 1 atom stereocenters. The van der Waals surface area contributed by atoms with Crippen LogP contribution in [-0.4, -0.2) is 21.7 Å². The van der Waals surface area contributed by atoms with Crippen molar-refractivity contribution in [1.29, 1.82) is 0 Å². The third kappa shape index (κ3) is 2.90. The van der Waals surface area contributed by atoms with Crippen LogP contribution < -0.4 is 15.0 Å². The first-order valence-electron chi connectivity index (χ1n) is 7.08. The van der Waals surface area contributed by atoms with E-state index < -0.39 is 6.10 Å². The molecule has 7 heteroatoms. The summed E-state index contributed by atoms with van der Waals surface area (Å²) in [6.45, 7) is 3.61. The van der Waals surface area contributed by atoms with Gasteiger partial charge in [0.15, 0.2) is 5.65 Å². The topological polar surface area (TPSA) is 68.6 Å². The Morgan fingerprint density at radius 3 is 2.78 bits per heavy atom. The number of methoxy groups -OCH3 is 1. The normalized spacial score (nSPS) is 12.3. The van der Waals surface area contributed by atoms with E-state index in [4.69, 9.17) is 21.1 Å². The Bertz CT molecular complexity index is 917. The van der Waals surface area contributed by atoms with Crippen LogP contribution in [0.4, 0.5) is 0 Å². The fraction of sp³-hybridized carbons (Fsp3) is 0.250. The zero-order valence-corrected chi connectivity index (χ0v) is 13.7. The summed E-state index contributed by atoms with van der Waals surface area (Å²) in [5.74, 6) is 1.33.